The van der Waals surface area contributed by atoms with Gasteiger partial charge in [-0.05, 0) is 37.1 Å². The number of nitrogens with two attached hydrogens (primary N) is 1. The van der Waals surface area contributed by atoms with Crippen LogP contribution in [-0.4, -0.2) is 13.2 Å². The number of fused-ring (bicyclic) bond motifs is 1. The van der Waals surface area contributed by atoms with Crippen LogP contribution in [0.5, 0.6) is 11.5 Å². The lowest BCUT2D eigenvalue weighted by Crippen LogP contribution is -2.15. The molecule has 4 nitrogen and oxygen atoms in total. The van der Waals surface area contributed by atoms with E-state index in [-0.39, 0.29) is 0 Å². The van der Waals surface area contributed by atoms with Gasteiger partial charge in [0.05, 0.1) is 11.4 Å². The van der Waals surface area contributed by atoms with Crippen molar-refractivity contribution in [2.45, 2.75) is 13.8 Å². The van der Waals surface area contributed by atoms with Gasteiger partial charge in [0.1, 0.15) is 13.2 Å². The number of hydrogen-bond acceptors (Lipinski definition) is 4. The van der Waals surface area contributed by atoms with Crippen molar-refractivity contribution in [1.82, 2.24) is 0 Å². The molecule has 1 heterocycles. The van der Waals surface area contributed by atoms with Crippen LogP contribution in [0.2, 0.25) is 0 Å². The summed E-state index contributed by atoms with van der Waals surface area (Å²) in [6.07, 6.45) is 0. The highest BCUT2D eigenvalue weighted by Crippen LogP contribution is 2.38. The molecule has 0 saturated carbocycles. The summed E-state index contributed by atoms with van der Waals surface area (Å²) in [6, 6.07) is 7.84. The van der Waals surface area contributed by atoms with Gasteiger partial charge in [-0.2, -0.15) is 0 Å². The van der Waals surface area contributed by atoms with E-state index in [0.29, 0.717) is 24.7 Å². The van der Waals surface area contributed by atoms with Crippen molar-refractivity contribution in [3.63, 3.8) is 0 Å². The van der Waals surface area contributed by atoms with Crippen LogP contribution in [0.25, 0.3) is 0 Å². The molecule has 0 unspecified atom stereocenters. The van der Waals surface area contributed by atoms with Gasteiger partial charge in [-0.1, -0.05) is 15.9 Å². The lowest BCUT2D eigenvalue weighted by Gasteiger charge is -2.21. The number of nitrogens with one attached hydrogen (secondary N) is 1. The first kappa shape index (κ1) is 14.1. The standard InChI is InChI=1S/C16H17BrN2O2/c1-9-5-11(6-10(2)16(9)17)19-13-8-15-14(7-12(13)18)20-3-4-21-15/h5-8,19H,3-4,18H2,1-2H3. The van der Waals surface area contributed by atoms with E-state index in [1.807, 2.05) is 6.07 Å². The van der Waals surface area contributed by atoms with Crippen LogP contribution < -0.4 is 20.5 Å². The van der Waals surface area contributed by atoms with Crippen LogP contribution in [0.3, 0.4) is 0 Å². The minimum atomic E-state index is 0.560. The molecule has 0 aliphatic carbocycles. The maximum atomic E-state index is 6.09. The highest BCUT2D eigenvalue weighted by Gasteiger charge is 2.15. The molecule has 0 fully saturated rings. The molecular weight excluding hydrogens is 332 g/mol. The van der Waals surface area contributed by atoms with Crippen LogP contribution >= 0.6 is 15.9 Å². The SMILES string of the molecule is Cc1cc(Nc2cc3c(cc2N)OCCO3)cc(C)c1Br. The Morgan fingerprint density at radius 2 is 1.57 bits per heavy atom. The van der Waals surface area contributed by atoms with Crippen molar-refractivity contribution >= 4 is 33.0 Å². The topological polar surface area (TPSA) is 56.5 Å². The zero-order chi connectivity index (χ0) is 15.0. The third-order valence-electron chi connectivity index (χ3n) is 3.43. The van der Waals surface area contributed by atoms with Gasteiger partial charge >= 0.3 is 0 Å². The van der Waals surface area contributed by atoms with Crippen molar-refractivity contribution in [3.8, 4) is 11.5 Å². The van der Waals surface area contributed by atoms with Gasteiger partial charge in [-0.25, -0.2) is 0 Å². The smallest absolute Gasteiger partial charge is 0.163 e. The van der Waals surface area contributed by atoms with E-state index >= 15 is 0 Å². The largest absolute Gasteiger partial charge is 0.486 e. The molecule has 2 aromatic carbocycles. The Bertz CT molecular complexity index is 678. The molecule has 0 amide bonds. The molecule has 0 radical (unpaired) electrons. The molecule has 1 aliphatic rings. The molecule has 1 aliphatic heterocycles. The molecule has 5 heteroatoms. The minimum absolute atomic E-state index is 0.560. The number of aryl methyl sites for hydroxylation is 2. The van der Waals surface area contributed by atoms with E-state index in [2.05, 4.69) is 47.2 Å². The quantitative estimate of drug-likeness (QED) is 0.800. The highest BCUT2D eigenvalue weighted by molar-refractivity contribution is 9.10. The first-order chi connectivity index (χ1) is 10.0. The second kappa shape index (κ2) is 5.48. The van der Waals surface area contributed by atoms with Gasteiger partial charge < -0.3 is 20.5 Å². The average Bonchev–Trinajstić information content (AvgIpc) is 2.45. The predicted octanol–water partition coefficient (Wildman–Crippen LogP) is 4.16. The van der Waals surface area contributed by atoms with E-state index in [4.69, 9.17) is 15.2 Å². The summed E-state index contributed by atoms with van der Waals surface area (Å²) in [5.41, 5.74) is 10.9. The summed E-state index contributed by atoms with van der Waals surface area (Å²) < 4.78 is 12.2. The minimum Gasteiger partial charge on any atom is -0.486 e. The summed E-state index contributed by atoms with van der Waals surface area (Å²) in [6.45, 7) is 5.25. The zero-order valence-electron chi connectivity index (χ0n) is 12.0. The van der Waals surface area contributed by atoms with Gasteiger partial charge in [0.25, 0.3) is 0 Å². The summed E-state index contributed by atoms with van der Waals surface area (Å²) >= 11 is 3.57. The summed E-state index contributed by atoms with van der Waals surface area (Å²) in [4.78, 5) is 0. The normalized spacial score (nSPS) is 13.1. The van der Waals surface area contributed by atoms with Gasteiger partial charge in [-0.3, -0.25) is 0 Å². The highest BCUT2D eigenvalue weighted by atomic mass is 79.9. The van der Waals surface area contributed by atoms with Crippen LogP contribution in [-0.2, 0) is 0 Å². The zero-order valence-corrected chi connectivity index (χ0v) is 13.6. The number of halogens is 1. The van der Waals surface area contributed by atoms with E-state index in [1.54, 1.807) is 6.07 Å². The third kappa shape index (κ3) is 2.78. The third-order valence-corrected chi connectivity index (χ3v) is 4.68. The first-order valence-corrected chi connectivity index (χ1v) is 7.57. The Balaban J connectivity index is 1.95. The van der Waals surface area contributed by atoms with E-state index < -0.39 is 0 Å². The molecule has 3 rings (SSSR count). The van der Waals surface area contributed by atoms with E-state index in [0.717, 1.165) is 21.6 Å². The Labute approximate surface area is 132 Å². The van der Waals surface area contributed by atoms with Gasteiger partial charge in [0, 0.05) is 22.3 Å². The molecule has 0 saturated heterocycles. The van der Waals surface area contributed by atoms with Gasteiger partial charge in [-0.15, -0.1) is 0 Å². The molecule has 0 atom stereocenters. The second-order valence-electron chi connectivity index (χ2n) is 5.13. The summed E-state index contributed by atoms with van der Waals surface area (Å²) in [5.74, 6) is 1.43. The molecular formula is C16H17BrN2O2. The fourth-order valence-corrected chi connectivity index (χ4v) is 2.62. The summed E-state index contributed by atoms with van der Waals surface area (Å²) in [7, 11) is 0. The fourth-order valence-electron chi connectivity index (χ4n) is 2.39. The maximum Gasteiger partial charge on any atom is 0.163 e. The molecule has 2 aromatic rings. The fraction of sp³-hybridized carbons (Fsp3) is 0.250. The second-order valence-corrected chi connectivity index (χ2v) is 5.93. The van der Waals surface area contributed by atoms with Crippen LogP contribution in [0, 0.1) is 13.8 Å². The molecule has 0 aromatic heterocycles. The van der Waals surface area contributed by atoms with Crippen molar-refractivity contribution in [1.29, 1.82) is 0 Å². The lowest BCUT2D eigenvalue weighted by molar-refractivity contribution is 0.172. The number of nitrogen functional groups attached to an aromatic ring is 1. The van der Waals surface area contributed by atoms with Crippen molar-refractivity contribution in [3.05, 3.63) is 39.9 Å². The van der Waals surface area contributed by atoms with Crippen molar-refractivity contribution in [2.75, 3.05) is 24.3 Å². The van der Waals surface area contributed by atoms with E-state index in [9.17, 15) is 0 Å². The number of ether oxygens (including phenoxy) is 2. The average molecular weight is 349 g/mol. The Kier molecular flexibility index (Phi) is 3.68. The molecule has 110 valence electrons. The lowest BCUT2D eigenvalue weighted by atomic mass is 10.1. The van der Waals surface area contributed by atoms with Crippen LogP contribution in [0.1, 0.15) is 11.1 Å². The van der Waals surface area contributed by atoms with E-state index in [1.165, 1.54) is 11.1 Å². The maximum absolute atomic E-state index is 6.09. The molecule has 0 bridgehead atoms. The molecule has 0 spiro atoms. The Hall–Kier alpha value is -1.88. The van der Waals surface area contributed by atoms with Crippen LogP contribution in [0.15, 0.2) is 28.7 Å². The Morgan fingerprint density at radius 3 is 2.19 bits per heavy atom. The van der Waals surface area contributed by atoms with Crippen molar-refractivity contribution < 1.29 is 9.47 Å². The Morgan fingerprint density at radius 1 is 1.00 bits per heavy atom. The summed E-state index contributed by atoms with van der Waals surface area (Å²) in [5, 5.41) is 3.35. The van der Waals surface area contributed by atoms with Crippen LogP contribution in [0.4, 0.5) is 17.1 Å². The first-order valence-electron chi connectivity index (χ1n) is 6.77. The van der Waals surface area contributed by atoms with Gasteiger partial charge in [0.15, 0.2) is 11.5 Å². The number of hydrogen-bond donors (Lipinski definition) is 2. The van der Waals surface area contributed by atoms with Gasteiger partial charge in [0.2, 0.25) is 0 Å². The molecule has 21 heavy (non-hydrogen) atoms. The number of anilines is 3. The molecule has 3 N–H and O–H groups in total. The predicted molar refractivity (Wildman–Crippen MR) is 88.7 cm³/mol. The number of rotatable bonds is 2. The number of benzene rings is 2. The van der Waals surface area contributed by atoms with Crippen molar-refractivity contribution in [2.24, 2.45) is 0 Å². The monoisotopic (exact) mass is 348 g/mol.